The molecule has 2 aromatic heterocycles. The third-order valence-corrected chi connectivity index (χ3v) is 3.70. The second kappa shape index (κ2) is 4.49. The highest BCUT2D eigenvalue weighted by molar-refractivity contribution is 5.65. The van der Waals surface area contributed by atoms with Gasteiger partial charge in [-0.15, -0.1) is 0 Å². The lowest BCUT2D eigenvalue weighted by molar-refractivity contribution is -0.752. The number of hydrogen-bond acceptors (Lipinski definition) is 7. The summed E-state index contributed by atoms with van der Waals surface area (Å²) in [4.78, 5) is 20.8. The molecule has 4 atom stereocenters. The van der Waals surface area contributed by atoms with Crippen molar-refractivity contribution in [2.75, 3.05) is 12.3 Å². The normalized spacial score (nSPS) is 32.9. The highest BCUT2D eigenvalue weighted by Crippen LogP contribution is 2.35. The van der Waals surface area contributed by atoms with Crippen LogP contribution >= 0.6 is 0 Å². The maximum absolute atomic E-state index is 11.8. The predicted molar refractivity (Wildman–Crippen MR) is 68.9 cm³/mol. The molecular formula is C11H16N5O5+. The van der Waals surface area contributed by atoms with Crippen molar-refractivity contribution in [3.8, 4) is 0 Å². The number of ether oxygens (including phenoxy) is 1. The molecule has 10 heteroatoms. The molecule has 3 heterocycles. The van der Waals surface area contributed by atoms with Crippen molar-refractivity contribution in [3.05, 3.63) is 16.7 Å². The Morgan fingerprint density at radius 2 is 2.33 bits per heavy atom. The number of nitrogen functional groups attached to an aromatic ring is 1. The summed E-state index contributed by atoms with van der Waals surface area (Å²) in [5, 5.41) is 29.6. The Labute approximate surface area is 117 Å². The smallest absolute Gasteiger partial charge is 0.313 e. The van der Waals surface area contributed by atoms with Gasteiger partial charge in [0.2, 0.25) is 11.7 Å². The highest BCUT2D eigenvalue weighted by Gasteiger charge is 2.55. The topological polar surface area (TPSA) is 161 Å². The van der Waals surface area contributed by atoms with Crippen LogP contribution in [0.15, 0.2) is 11.1 Å². The van der Waals surface area contributed by atoms with Crippen LogP contribution in [0.5, 0.6) is 0 Å². The molecule has 0 saturated carbocycles. The lowest BCUT2D eigenvalue weighted by Crippen LogP contribution is -2.53. The van der Waals surface area contributed by atoms with Gasteiger partial charge in [0.15, 0.2) is 6.33 Å². The van der Waals surface area contributed by atoms with Crippen LogP contribution in [0.2, 0.25) is 0 Å². The molecule has 1 aliphatic heterocycles. The van der Waals surface area contributed by atoms with Gasteiger partial charge in [0.25, 0.3) is 11.5 Å². The zero-order valence-corrected chi connectivity index (χ0v) is 11.1. The summed E-state index contributed by atoms with van der Waals surface area (Å²) >= 11 is 0. The number of aliphatic hydroxyl groups is 3. The van der Waals surface area contributed by atoms with E-state index >= 15 is 0 Å². The van der Waals surface area contributed by atoms with Crippen molar-refractivity contribution in [2.45, 2.75) is 31.0 Å². The highest BCUT2D eigenvalue weighted by atomic mass is 16.6. The molecule has 1 fully saturated rings. The molecule has 0 spiro atoms. The summed E-state index contributed by atoms with van der Waals surface area (Å²) in [6, 6.07) is 0. The summed E-state index contributed by atoms with van der Waals surface area (Å²) in [5.41, 5.74) is 3.71. The monoisotopic (exact) mass is 298 g/mol. The maximum Gasteiger partial charge on any atom is 0.313 e. The fraction of sp³-hybridized carbons (Fsp3) is 0.545. The average molecular weight is 298 g/mol. The molecule has 0 aliphatic carbocycles. The minimum Gasteiger partial charge on any atom is -0.394 e. The van der Waals surface area contributed by atoms with Gasteiger partial charge in [-0.2, -0.15) is 0 Å². The quantitative estimate of drug-likeness (QED) is 0.324. The standard InChI is InChI=1S/C11H15N5O5/c1-11(20)6(18)4(2-17)21-9(11)16-3-13-5-7(16)14-10(12)15-8(5)19/h3-4,6,9,17-18,20H,2H2,1H3,(H3,12,14,15,19)/p+1/t4-,6?,9-,11?/m1/s1. The minimum atomic E-state index is -1.67. The number of nitrogens with zero attached hydrogens (tertiary/aromatic N) is 2. The first-order valence-corrected chi connectivity index (χ1v) is 6.31. The van der Waals surface area contributed by atoms with Crippen LogP contribution in [-0.2, 0) is 4.74 Å². The van der Waals surface area contributed by atoms with Crippen molar-refractivity contribution in [2.24, 2.45) is 0 Å². The van der Waals surface area contributed by atoms with E-state index in [1.165, 1.54) is 17.8 Å². The Morgan fingerprint density at radius 1 is 1.62 bits per heavy atom. The Bertz CT molecular complexity index is 738. The number of anilines is 1. The van der Waals surface area contributed by atoms with Crippen LogP contribution in [-0.4, -0.2) is 54.7 Å². The zero-order chi connectivity index (χ0) is 15.4. The molecule has 0 amide bonds. The van der Waals surface area contributed by atoms with Crippen LogP contribution in [0.25, 0.3) is 11.2 Å². The number of imidazole rings is 1. The van der Waals surface area contributed by atoms with Gasteiger partial charge in [-0.25, -0.2) is 4.57 Å². The summed E-state index contributed by atoms with van der Waals surface area (Å²) in [6.45, 7) is 0.924. The lowest BCUT2D eigenvalue weighted by atomic mass is 9.96. The van der Waals surface area contributed by atoms with Crippen molar-refractivity contribution in [1.82, 2.24) is 15.0 Å². The summed E-state index contributed by atoms with van der Waals surface area (Å²) < 4.78 is 6.83. The predicted octanol–water partition coefficient (Wildman–Crippen LogP) is -2.88. The van der Waals surface area contributed by atoms with Crippen molar-refractivity contribution < 1.29 is 24.6 Å². The molecule has 1 aliphatic rings. The van der Waals surface area contributed by atoms with E-state index in [9.17, 15) is 20.1 Å². The van der Waals surface area contributed by atoms with Crippen LogP contribution in [0.3, 0.4) is 0 Å². The molecule has 3 rings (SSSR count). The van der Waals surface area contributed by atoms with Gasteiger partial charge in [-0.05, 0) is 6.92 Å². The Morgan fingerprint density at radius 3 is 2.95 bits per heavy atom. The number of fused-ring (bicyclic) bond motifs is 1. The molecule has 21 heavy (non-hydrogen) atoms. The molecule has 2 aromatic rings. The molecule has 114 valence electrons. The van der Waals surface area contributed by atoms with Gasteiger partial charge in [0.1, 0.15) is 17.8 Å². The van der Waals surface area contributed by atoms with Gasteiger partial charge in [0, 0.05) is 0 Å². The Balaban J connectivity index is 2.15. The van der Waals surface area contributed by atoms with Gasteiger partial charge in [0.05, 0.1) is 6.61 Å². The van der Waals surface area contributed by atoms with Crippen molar-refractivity contribution in [3.63, 3.8) is 0 Å². The van der Waals surface area contributed by atoms with E-state index in [0.29, 0.717) is 0 Å². The molecule has 7 N–H and O–H groups in total. The Hall–Kier alpha value is -2.01. The van der Waals surface area contributed by atoms with Gasteiger partial charge < -0.3 is 25.8 Å². The summed E-state index contributed by atoms with van der Waals surface area (Å²) in [7, 11) is 0. The largest absolute Gasteiger partial charge is 0.394 e. The van der Waals surface area contributed by atoms with Gasteiger partial charge in [-0.3, -0.25) is 14.8 Å². The van der Waals surface area contributed by atoms with Gasteiger partial charge in [-0.1, -0.05) is 4.98 Å². The number of nitrogens with two attached hydrogens (primary N) is 1. The average Bonchev–Trinajstić information content (AvgIpc) is 2.91. The second-order valence-electron chi connectivity index (χ2n) is 5.21. The Kier molecular flexibility index (Phi) is 2.99. The van der Waals surface area contributed by atoms with Crippen LogP contribution in [0.1, 0.15) is 13.2 Å². The van der Waals surface area contributed by atoms with E-state index in [2.05, 4.69) is 15.0 Å². The van der Waals surface area contributed by atoms with E-state index in [1.807, 2.05) is 0 Å². The van der Waals surface area contributed by atoms with E-state index in [-0.39, 0.29) is 17.1 Å². The van der Waals surface area contributed by atoms with E-state index < -0.39 is 36.2 Å². The lowest BCUT2D eigenvalue weighted by Gasteiger charge is -2.24. The number of H-pyrrole nitrogens is 2. The van der Waals surface area contributed by atoms with Crippen molar-refractivity contribution >= 4 is 17.1 Å². The zero-order valence-electron chi connectivity index (χ0n) is 11.1. The molecule has 0 radical (unpaired) electrons. The molecule has 0 aromatic carbocycles. The van der Waals surface area contributed by atoms with Crippen LogP contribution in [0, 0.1) is 0 Å². The van der Waals surface area contributed by atoms with E-state index in [0.717, 1.165) is 0 Å². The number of hydrogen-bond donors (Lipinski definition) is 6. The van der Waals surface area contributed by atoms with E-state index in [4.69, 9.17) is 10.5 Å². The first-order chi connectivity index (χ1) is 9.86. The molecule has 0 bridgehead atoms. The summed E-state index contributed by atoms with van der Waals surface area (Å²) in [5.74, 6) is -0.0854. The van der Waals surface area contributed by atoms with Crippen LogP contribution in [0.4, 0.5) is 5.95 Å². The van der Waals surface area contributed by atoms with E-state index in [1.54, 1.807) is 0 Å². The number of aromatic nitrogens is 4. The SMILES string of the molecule is CC1(O)C(O)[C@@H](CO)O[C@H]1[n+]1c[nH]c2c(=O)[nH]c(N)nc21. The molecule has 1 saturated heterocycles. The molecule has 10 nitrogen and oxygen atoms in total. The molecule has 2 unspecified atom stereocenters. The second-order valence-corrected chi connectivity index (χ2v) is 5.21. The van der Waals surface area contributed by atoms with Gasteiger partial charge >= 0.3 is 5.65 Å². The number of nitrogens with one attached hydrogen (secondary N) is 2. The number of rotatable bonds is 2. The van der Waals surface area contributed by atoms with Crippen LogP contribution < -0.4 is 15.9 Å². The molecular weight excluding hydrogens is 282 g/mol. The number of aromatic amines is 2. The first kappa shape index (κ1) is 13.9. The summed E-state index contributed by atoms with van der Waals surface area (Å²) in [6.07, 6.45) is -1.88. The fourth-order valence-corrected chi connectivity index (χ4v) is 2.56. The fourth-order valence-electron chi connectivity index (χ4n) is 2.56. The maximum atomic E-state index is 11.8. The minimum absolute atomic E-state index is 0.0854. The van der Waals surface area contributed by atoms with Crippen molar-refractivity contribution in [1.29, 1.82) is 0 Å². The first-order valence-electron chi connectivity index (χ1n) is 6.31. The third kappa shape index (κ3) is 1.92. The number of aliphatic hydroxyl groups excluding tert-OH is 2. The third-order valence-electron chi connectivity index (χ3n) is 3.70.